The van der Waals surface area contributed by atoms with Crippen LogP contribution in [0.15, 0.2) is 24.4 Å². The summed E-state index contributed by atoms with van der Waals surface area (Å²) in [6.07, 6.45) is 3.29. The Morgan fingerprint density at radius 1 is 1.26 bits per heavy atom. The molecule has 5 heteroatoms. The number of imide groups is 1. The number of aromatic nitrogens is 1. The van der Waals surface area contributed by atoms with Gasteiger partial charge in [0, 0.05) is 29.1 Å². The first-order valence-corrected chi connectivity index (χ1v) is 6.09. The third kappa shape index (κ3) is 1.93. The Kier molecular flexibility index (Phi) is 2.67. The number of hydrogen-bond acceptors (Lipinski definition) is 3. The second-order valence-electron chi connectivity index (χ2n) is 4.67. The monoisotopic (exact) mass is 256 g/mol. The molecule has 1 aliphatic heterocycles. The zero-order valence-electron chi connectivity index (χ0n) is 10.1. The van der Waals surface area contributed by atoms with Crippen LogP contribution in [-0.4, -0.2) is 23.1 Å². The Bertz CT molecular complexity index is 687. The summed E-state index contributed by atoms with van der Waals surface area (Å²) in [5.74, 6) is -0.812. The Hall–Kier alpha value is -2.43. The molecule has 2 amide bonds. The Morgan fingerprint density at radius 2 is 2.11 bits per heavy atom. The second-order valence-corrected chi connectivity index (χ2v) is 4.67. The lowest BCUT2D eigenvalue weighted by Crippen LogP contribution is -2.39. The number of rotatable bonds is 2. The van der Waals surface area contributed by atoms with Gasteiger partial charge in [0.15, 0.2) is 6.29 Å². The summed E-state index contributed by atoms with van der Waals surface area (Å²) < 4.78 is 0. The molecule has 0 saturated carbocycles. The van der Waals surface area contributed by atoms with Crippen LogP contribution in [0.3, 0.4) is 0 Å². The standard InChI is InChI=1S/C14H12N2O3/c17-7-9-6-15-12-3-1-8(5-11(9)12)10-2-4-13(18)16-14(10)19/h1,3,5-7,10,15H,2,4H2,(H,16,18,19). The largest absolute Gasteiger partial charge is 0.360 e. The molecule has 2 N–H and O–H groups in total. The number of fused-ring (bicyclic) bond motifs is 1. The summed E-state index contributed by atoms with van der Waals surface area (Å²) >= 11 is 0. The van der Waals surface area contributed by atoms with Crippen LogP contribution in [-0.2, 0) is 9.59 Å². The average Bonchev–Trinajstić information content (AvgIpc) is 2.80. The van der Waals surface area contributed by atoms with Gasteiger partial charge in [-0.05, 0) is 24.1 Å². The van der Waals surface area contributed by atoms with Crippen molar-refractivity contribution in [1.29, 1.82) is 0 Å². The molecule has 19 heavy (non-hydrogen) atoms. The van der Waals surface area contributed by atoms with Crippen molar-refractivity contribution in [1.82, 2.24) is 10.3 Å². The van der Waals surface area contributed by atoms with E-state index in [0.29, 0.717) is 18.4 Å². The average molecular weight is 256 g/mol. The lowest BCUT2D eigenvalue weighted by Gasteiger charge is -2.21. The molecule has 1 atom stereocenters. The molecule has 2 aromatic rings. The predicted molar refractivity (Wildman–Crippen MR) is 68.8 cm³/mol. The number of benzene rings is 1. The van der Waals surface area contributed by atoms with Crippen molar-refractivity contribution in [2.24, 2.45) is 0 Å². The lowest BCUT2D eigenvalue weighted by molar-refractivity contribution is -0.134. The number of aromatic amines is 1. The van der Waals surface area contributed by atoms with E-state index in [1.807, 2.05) is 18.2 Å². The normalized spacial score (nSPS) is 19.5. The van der Waals surface area contributed by atoms with Crippen LogP contribution < -0.4 is 5.32 Å². The maximum atomic E-state index is 11.8. The van der Waals surface area contributed by atoms with Gasteiger partial charge < -0.3 is 4.98 Å². The Balaban J connectivity index is 2.03. The van der Waals surface area contributed by atoms with E-state index in [2.05, 4.69) is 10.3 Å². The van der Waals surface area contributed by atoms with E-state index in [1.54, 1.807) is 6.20 Å². The van der Waals surface area contributed by atoms with Crippen molar-refractivity contribution in [3.05, 3.63) is 35.5 Å². The quantitative estimate of drug-likeness (QED) is 0.631. The fourth-order valence-corrected chi connectivity index (χ4v) is 2.49. The van der Waals surface area contributed by atoms with Gasteiger partial charge in [0.2, 0.25) is 11.8 Å². The minimum absolute atomic E-state index is 0.224. The topological polar surface area (TPSA) is 79.0 Å². The summed E-state index contributed by atoms with van der Waals surface area (Å²) in [6.45, 7) is 0. The molecular weight excluding hydrogens is 244 g/mol. The maximum Gasteiger partial charge on any atom is 0.234 e. The van der Waals surface area contributed by atoms with E-state index in [9.17, 15) is 14.4 Å². The number of hydrogen-bond donors (Lipinski definition) is 2. The molecule has 0 bridgehead atoms. The summed E-state index contributed by atoms with van der Waals surface area (Å²) in [6, 6.07) is 5.55. The number of amides is 2. The highest BCUT2D eigenvalue weighted by molar-refractivity contribution is 6.02. The maximum absolute atomic E-state index is 11.8. The van der Waals surface area contributed by atoms with E-state index in [-0.39, 0.29) is 17.7 Å². The Labute approximate surface area is 109 Å². The van der Waals surface area contributed by atoms with Gasteiger partial charge in [-0.15, -0.1) is 0 Å². The van der Waals surface area contributed by atoms with Crippen LogP contribution >= 0.6 is 0 Å². The molecule has 1 aromatic heterocycles. The first-order chi connectivity index (χ1) is 9.19. The highest BCUT2D eigenvalue weighted by Gasteiger charge is 2.28. The Morgan fingerprint density at radius 3 is 2.84 bits per heavy atom. The number of carbonyl (C=O) groups excluding carboxylic acids is 3. The van der Waals surface area contributed by atoms with Gasteiger partial charge in [-0.1, -0.05) is 6.07 Å². The number of piperidine rings is 1. The highest BCUT2D eigenvalue weighted by Crippen LogP contribution is 2.28. The van der Waals surface area contributed by atoms with Crippen molar-refractivity contribution < 1.29 is 14.4 Å². The first-order valence-electron chi connectivity index (χ1n) is 6.09. The zero-order valence-corrected chi connectivity index (χ0v) is 10.1. The summed E-state index contributed by atoms with van der Waals surface area (Å²) in [4.78, 5) is 36.9. The van der Waals surface area contributed by atoms with Crippen LogP contribution in [0.2, 0.25) is 0 Å². The van der Waals surface area contributed by atoms with Crippen molar-refractivity contribution in [2.45, 2.75) is 18.8 Å². The molecule has 3 rings (SSSR count). The van der Waals surface area contributed by atoms with Gasteiger partial charge in [-0.25, -0.2) is 0 Å². The first kappa shape index (κ1) is 11.6. The number of carbonyl (C=O) groups is 3. The van der Waals surface area contributed by atoms with Gasteiger partial charge in [0.05, 0.1) is 5.92 Å². The summed E-state index contributed by atoms with van der Waals surface area (Å²) in [7, 11) is 0. The molecular formula is C14H12N2O3. The van der Waals surface area contributed by atoms with Crippen LogP contribution in [0.1, 0.15) is 34.7 Å². The van der Waals surface area contributed by atoms with E-state index in [4.69, 9.17) is 0 Å². The van der Waals surface area contributed by atoms with Crippen LogP contribution in [0.4, 0.5) is 0 Å². The number of nitrogens with one attached hydrogen (secondary N) is 2. The van der Waals surface area contributed by atoms with Crippen molar-refractivity contribution >= 4 is 29.0 Å². The van der Waals surface area contributed by atoms with Crippen LogP contribution in [0.5, 0.6) is 0 Å². The van der Waals surface area contributed by atoms with Crippen LogP contribution in [0, 0.1) is 0 Å². The fraction of sp³-hybridized carbons (Fsp3) is 0.214. The smallest absolute Gasteiger partial charge is 0.234 e. The molecule has 0 radical (unpaired) electrons. The molecule has 1 fully saturated rings. The number of H-pyrrole nitrogens is 1. The molecule has 2 heterocycles. The van der Waals surface area contributed by atoms with E-state index in [0.717, 1.165) is 22.8 Å². The number of aldehydes is 1. The van der Waals surface area contributed by atoms with Gasteiger partial charge in [0.1, 0.15) is 0 Å². The van der Waals surface area contributed by atoms with Crippen molar-refractivity contribution in [3.8, 4) is 0 Å². The summed E-state index contributed by atoms with van der Waals surface area (Å²) in [5.41, 5.74) is 2.27. The molecule has 1 unspecified atom stereocenters. The minimum atomic E-state index is -0.323. The third-order valence-electron chi connectivity index (χ3n) is 3.51. The van der Waals surface area contributed by atoms with Gasteiger partial charge in [-0.2, -0.15) is 0 Å². The van der Waals surface area contributed by atoms with Gasteiger partial charge in [-0.3, -0.25) is 19.7 Å². The van der Waals surface area contributed by atoms with E-state index < -0.39 is 0 Å². The van der Waals surface area contributed by atoms with E-state index in [1.165, 1.54) is 0 Å². The molecule has 0 spiro atoms. The molecule has 1 aromatic carbocycles. The SMILES string of the molecule is O=Cc1c[nH]c2ccc(C3CCC(=O)NC3=O)cc12. The molecule has 1 aliphatic rings. The van der Waals surface area contributed by atoms with Gasteiger partial charge >= 0.3 is 0 Å². The predicted octanol–water partition coefficient (Wildman–Crippen LogP) is 1.50. The van der Waals surface area contributed by atoms with Crippen molar-refractivity contribution in [2.75, 3.05) is 0 Å². The van der Waals surface area contributed by atoms with Crippen molar-refractivity contribution in [3.63, 3.8) is 0 Å². The molecule has 5 nitrogen and oxygen atoms in total. The second kappa shape index (κ2) is 4.35. The zero-order chi connectivity index (χ0) is 13.4. The molecule has 96 valence electrons. The minimum Gasteiger partial charge on any atom is -0.360 e. The highest BCUT2D eigenvalue weighted by atomic mass is 16.2. The fourth-order valence-electron chi connectivity index (χ4n) is 2.49. The van der Waals surface area contributed by atoms with Gasteiger partial charge in [0.25, 0.3) is 0 Å². The summed E-state index contributed by atoms with van der Waals surface area (Å²) in [5, 5.41) is 3.15. The van der Waals surface area contributed by atoms with E-state index >= 15 is 0 Å². The molecule has 1 saturated heterocycles. The van der Waals surface area contributed by atoms with Crippen LogP contribution in [0.25, 0.3) is 10.9 Å². The lowest BCUT2D eigenvalue weighted by atomic mass is 9.89. The molecule has 0 aliphatic carbocycles. The third-order valence-corrected chi connectivity index (χ3v) is 3.51.